The first-order valence-corrected chi connectivity index (χ1v) is 10.8. The van der Waals surface area contributed by atoms with Crippen LogP contribution in [-0.2, 0) is 17.8 Å². The summed E-state index contributed by atoms with van der Waals surface area (Å²) in [4.78, 5) is 17.4. The first-order chi connectivity index (χ1) is 13.2. The van der Waals surface area contributed by atoms with Gasteiger partial charge in [0.15, 0.2) is 0 Å². The van der Waals surface area contributed by atoms with E-state index >= 15 is 0 Å². The summed E-state index contributed by atoms with van der Waals surface area (Å²) in [5.74, 6) is 1.84. The summed E-state index contributed by atoms with van der Waals surface area (Å²) in [5.41, 5.74) is 2.65. The van der Waals surface area contributed by atoms with Crippen molar-refractivity contribution in [2.75, 3.05) is 26.7 Å². The number of likely N-dealkylation sites (tertiary alicyclic amines) is 2. The quantitative estimate of drug-likeness (QED) is 0.759. The number of ether oxygens (including phenoxy) is 1. The molecule has 3 heterocycles. The predicted molar refractivity (Wildman–Crippen MR) is 109 cm³/mol. The highest BCUT2D eigenvalue weighted by molar-refractivity contribution is 7.07. The average Bonchev–Trinajstić information content (AvgIpc) is 3.20. The molecule has 2 saturated heterocycles. The molecule has 4 nitrogen and oxygen atoms in total. The maximum atomic E-state index is 12.6. The van der Waals surface area contributed by atoms with E-state index in [9.17, 15) is 4.79 Å². The van der Waals surface area contributed by atoms with Gasteiger partial charge in [-0.25, -0.2) is 0 Å². The topological polar surface area (TPSA) is 32.8 Å². The lowest BCUT2D eigenvalue weighted by Crippen LogP contribution is -2.56. The van der Waals surface area contributed by atoms with Gasteiger partial charge in [-0.05, 0) is 65.3 Å². The first kappa shape index (κ1) is 18.5. The Morgan fingerprint density at radius 2 is 2.15 bits per heavy atom. The van der Waals surface area contributed by atoms with Crippen molar-refractivity contribution in [3.8, 4) is 5.75 Å². The smallest absolute Gasteiger partial charge is 0.222 e. The summed E-state index contributed by atoms with van der Waals surface area (Å²) >= 11 is 1.77. The van der Waals surface area contributed by atoms with Crippen molar-refractivity contribution in [3.63, 3.8) is 0 Å². The number of carbonyl (C=O) groups excluding carboxylic acids is 1. The van der Waals surface area contributed by atoms with Crippen LogP contribution < -0.4 is 4.74 Å². The van der Waals surface area contributed by atoms with Gasteiger partial charge in [-0.2, -0.15) is 11.3 Å². The molecule has 2 aliphatic heterocycles. The molecule has 2 aliphatic rings. The molecule has 0 unspecified atom stereocenters. The lowest BCUT2D eigenvalue weighted by Gasteiger charge is -2.47. The number of methoxy groups -OCH3 is 1. The van der Waals surface area contributed by atoms with E-state index in [4.69, 9.17) is 4.74 Å². The molecule has 1 aromatic heterocycles. The fourth-order valence-electron chi connectivity index (χ4n) is 4.58. The third-order valence-corrected chi connectivity index (χ3v) is 6.72. The Morgan fingerprint density at radius 3 is 2.96 bits per heavy atom. The van der Waals surface area contributed by atoms with Crippen molar-refractivity contribution in [1.29, 1.82) is 0 Å². The van der Waals surface area contributed by atoms with Crippen LogP contribution >= 0.6 is 11.3 Å². The Balaban J connectivity index is 1.37. The number of hydrogen-bond donors (Lipinski definition) is 0. The number of nitrogens with zero attached hydrogens (tertiary/aromatic N) is 2. The minimum atomic E-state index is 0.338. The third-order valence-electron chi connectivity index (χ3n) is 5.99. The van der Waals surface area contributed by atoms with Crippen LogP contribution in [0.4, 0.5) is 0 Å². The van der Waals surface area contributed by atoms with E-state index in [1.165, 1.54) is 11.1 Å². The SMILES string of the molecule is COc1cccc(CCN2C(=O)CC[C@@H]3CN(Cc4ccsc4)CC[C@@H]32)c1. The van der Waals surface area contributed by atoms with Crippen molar-refractivity contribution < 1.29 is 9.53 Å². The number of thiophene rings is 1. The summed E-state index contributed by atoms with van der Waals surface area (Å²) < 4.78 is 5.32. The number of carbonyl (C=O) groups is 1. The summed E-state index contributed by atoms with van der Waals surface area (Å²) in [6, 6.07) is 10.8. The Labute approximate surface area is 165 Å². The number of piperidine rings is 2. The van der Waals surface area contributed by atoms with Crippen LogP contribution in [0, 0.1) is 5.92 Å². The maximum absolute atomic E-state index is 12.6. The second-order valence-electron chi connectivity index (χ2n) is 7.71. The zero-order valence-electron chi connectivity index (χ0n) is 16.0. The molecule has 1 amide bonds. The number of benzene rings is 1. The molecule has 0 spiro atoms. The van der Waals surface area contributed by atoms with E-state index in [2.05, 4.69) is 38.8 Å². The Bertz CT molecular complexity index is 761. The van der Waals surface area contributed by atoms with Gasteiger partial charge in [-0.3, -0.25) is 9.69 Å². The lowest BCUT2D eigenvalue weighted by atomic mass is 9.83. The molecule has 2 fully saturated rings. The van der Waals surface area contributed by atoms with Gasteiger partial charge in [-0.1, -0.05) is 12.1 Å². The number of rotatable bonds is 6. The van der Waals surface area contributed by atoms with Gasteiger partial charge in [0.2, 0.25) is 5.91 Å². The largest absolute Gasteiger partial charge is 0.497 e. The molecule has 4 rings (SSSR count). The molecule has 1 aromatic carbocycles. The standard InChI is InChI=1S/C22H28N2O2S/c1-26-20-4-2-3-17(13-20)7-11-24-21-8-10-23(14-18-9-12-27-16-18)15-19(21)5-6-22(24)25/h2-4,9,12-13,16,19,21H,5-8,10-11,14-15H2,1H3/t19-,21+/m1/s1. The van der Waals surface area contributed by atoms with Crippen LogP contribution in [0.25, 0.3) is 0 Å². The molecule has 5 heteroatoms. The van der Waals surface area contributed by atoms with Crippen LogP contribution in [0.1, 0.15) is 30.4 Å². The van der Waals surface area contributed by atoms with E-state index in [1.807, 2.05) is 12.1 Å². The molecule has 0 aliphatic carbocycles. The molecule has 0 bridgehead atoms. The Morgan fingerprint density at radius 1 is 1.22 bits per heavy atom. The molecular formula is C22H28N2O2S. The van der Waals surface area contributed by atoms with E-state index in [0.717, 1.165) is 51.2 Å². The Kier molecular flexibility index (Phi) is 5.79. The fraction of sp³-hybridized carbons (Fsp3) is 0.500. The predicted octanol–water partition coefficient (Wildman–Crippen LogP) is 3.81. The molecule has 2 aromatic rings. The summed E-state index contributed by atoms with van der Waals surface area (Å²) in [6.07, 6.45) is 3.73. The minimum Gasteiger partial charge on any atom is -0.497 e. The highest BCUT2D eigenvalue weighted by atomic mass is 32.1. The van der Waals surface area contributed by atoms with Gasteiger partial charge < -0.3 is 9.64 Å². The van der Waals surface area contributed by atoms with Crippen LogP contribution in [0.2, 0.25) is 0 Å². The van der Waals surface area contributed by atoms with E-state index < -0.39 is 0 Å². The number of amides is 1. The van der Waals surface area contributed by atoms with Crippen molar-refractivity contribution in [2.45, 2.75) is 38.3 Å². The van der Waals surface area contributed by atoms with Gasteiger partial charge in [-0.15, -0.1) is 0 Å². The van der Waals surface area contributed by atoms with Gasteiger partial charge in [0.1, 0.15) is 5.75 Å². The van der Waals surface area contributed by atoms with Crippen molar-refractivity contribution in [1.82, 2.24) is 9.80 Å². The minimum absolute atomic E-state index is 0.338. The van der Waals surface area contributed by atoms with Crippen molar-refractivity contribution >= 4 is 17.2 Å². The van der Waals surface area contributed by atoms with Crippen molar-refractivity contribution in [3.05, 3.63) is 52.2 Å². The van der Waals surface area contributed by atoms with E-state index in [0.29, 0.717) is 24.3 Å². The van der Waals surface area contributed by atoms with Crippen LogP contribution in [-0.4, -0.2) is 48.5 Å². The van der Waals surface area contributed by atoms with Crippen molar-refractivity contribution in [2.24, 2.45) is 5.92 Å². The highest BCUT2D eigenvalue weighted by Crippen LogP contribution is 2.32. The van der Waals surface area contributed by atoms with Crippen LogP contribution in [0.15, 0.2) is 41.1 Å². The summed E-state index contributed by atoms with van der Waals surface area (Å²) in [5, 5.41) is 4.40. The Hall–Kier alpha value is -1.85. The maximum Gasteiger partial charge on any atom is 0.222 e. The van der Waals surface area contributed by atoms with Gasteiger partial charge >= 0.3 is 0 Å². The summed E-state index contributed by atoms with van der Waals surface area (Å²) in [6.45, 7) is 4.06. The highest BCUT2D eigenvalue weighted by Gasteiger charge is 2.38. The molecule has 0 radical (unpaired) electrons. The van der Waals surface area contributed by atoms with Gasteiger partial charge in [0.05, 0.1) is 7.11 Å². The lowest BCUT2D eigenvalue weighted by molar-refractivity contribution is -0.141. The van der Waals surface area contributed by atoms with E-state index in [-0.39, 0.29) is 0 Å². The molecule has 144 valence electrons. The molecule has 0 N–H and O–H groups in total. The molecule has 2 atom stereocenters. The monoisotopic (exact) mass is 384 g/mol. The second kappa shape index (κ2) is 8.44. The third kappa shape index (κ3) is 4.36. The van der Waals surface area contributed by atoms with Crippen LogP contribution in [0.5, 0.6) is 5.75 Å². The second-order valence-corrected chi connectivity index (χ2v) is 8.49. The van der Waals surface area contributed by atoms with E-state index in [1.54, 1.807) is 18.4 Å². The zero-order chi connectivity index (χ0) is 18.6. The summed E-state index contributed by atoms with van der Waals surface area (Å²) in [7, 11) is 1.70. The molecule has 0 saturated carbocycles. The number of fused-ring (bicyclic) bond motifs is 1. The number of hydrogen-bond acceptors (Lipinski definition) is 4. The first-order valence-electron chi connectivity index (χ1n) is 9.89. The molecule has 27 heavy (non-hydrogen) atoms. The molecular weight excluding hydrogens is 356 g/mol. The normalized spacial score (nSPS) is 23.3. The van der Waals surface area contributed by atoms with Gasteiger partial charge in [0.25, 0.3) is 0 Å². The fourth-order valence-corrected chi connectivity index (χ4v) is 5.24. The van der Waals surface area contributed by atoms with Crippen LogP contribution in [0.3, 0.4) is 0 Å². The average molecular weight is 385 g/mol. The zero-order valence-corrected chi connectivity index (χ0v) is 16.8. The van der Waals surface area contributed by atoms with Gasteiger partial charge in [0, 0.05) is 38.6 Å².